The van der Waals surface area contributed by atoms with E-state index in [0.29, 0.717) is 24.5 Å². The average Bonchev–Trinajstić information content (AvgIpc) is 3.01. The molecule has 3 aromatic rings. The van der Waals surface area contributed by atoms with Gasteiger partial charge in [0.05, 0.1) is 29.6 Å². The van der Waals surface area contributed by atoms with E-state index in [1.54, 1.807) is 23.2 Å². The van der Waals surface area contributed by atoms with E-state index >= 15 is 0 Å². The van der Waals surface area contributed by atoms with E-state index in [1.807, 2.05) is 30.3 Å². The van der Waals surface area contributed by atoms with E-state index in [-0.39, 0.29) is 12.0 Å². The molecule has 1 aliphatic rings. The molecule has 0 spiro atoms. The lowest BCUT2D eigenvalue weighted by Gasteiger charge is -2.38. The quantitative estimate of drug-likeness (QED) is 0.738. The van der Waals surface area contributed by atoms with Crippen LogP contribution in [0.5, 0.6) is 5.88 Å². The molecule has 1 saturated heterocycles. The molecule has 0 saturated carbocycles. The third kappa shape index (κ3) is 2.70. The first-order chi connectivity index (χ1) is 11.7. The number of aromatic nitrogens is 1. The van der Waals surface area contributed by atoms with Gasteiger partial charge in [0.2, 0.25) is 5.88 Å². The highest BCUT2D eigenvalue weighted by Gasteiger charge is 2.33. The number of carbonyl (C=O) groups is 1. The van der Waals surface area contributed by atoms with Crippen LogP contribution in [0, 0.1) is 11.3 Å². The summed E-state index contributed by atoms with van der Waals surface area (Å²) in [5, 5.41) is 9.98. The van der Waals surface area contributed by atoms with Gasteiger partial charge in [-0.3, -0.25) is 4.79 Å². The van der Waals surface area contributed by atoms with E-state index < -0.39 is 0 Å². The summed E-state index contributed by atoms with van der Waals surface area (Å²) in [6, 6.07) is 15.2. The molecule has 3 heterocycles. The smallest absolute Gasteiger partial charge is 0.264 e. The largest absolute Gasteiger partial charge is 0.471 e. The fraction of sp³-hybridized carbons (Fsp3) is 0.167. The first-order valence-corrected chi connectivity index (χ1v) is 8.35. The molecule has 1 amide bonds. The van der Waals surface area contributed by atoms with E-state index in [2.05, 4.69) is 11.1 Å². The highest BCUT2D eigenvalue weighted by Crippen LogP contribution is 2.28. The van der Waals surface area contributed by atoms with Crippen molar-refractivity contribution in [2.45, 2.75) is 6.10 Å². The molecule has 118 valence electrons. The Hall–Kier alpha value is -2.91. The van der Waals surface area contributed by atoms with Gasteiger partial charge in [0.1, 0.15) is 6.10 Å². The highest BCUT2D eigenvalue weighted by atomic mass is 32.1. The van der Waals surface area contributed by atoms with Crippen LogP contribution in [-0.4, -0.2) is 35.0 Å². The standard InChI is InChI=1S/C18H13N3O2S/c19-9-12-5-6-20-17(7-12)23-14-10-21(11-14)18(22)16-8-13-3-1-2-4-15(13)24-16/h1-8,14H,10-11H2. The Morgan fingerprint density at radius 3 is 2.92 bits per heavy atom. The zero-order valence-electron chi connectivity index (χ0n) is 12.7. The Labute approximate surface area is 142 Å². The predicted molar refractivity (Wildman–Crippen MR) is 91.1 cm³/mol. The molecular weight excluding hydrogens is 322 g/mol. The normalized spacial score (nSPS) is 14.2. The van der Waals surface area contributed by atoms with Crippen LogP contribution in [0.4, 0.5) is 0 Å². The fourth-order valence-electron chi connectivity index (χ4n) is 2.64. The number of nitrogens with zero attached hydrogens (tertiary/aromatic N) is 3. The summed E-state index contributed by atoms with van der Waals surface area (Å²) in [7, 11) is 0. The molecule has 0 bridgehead atoms. The molecule has 1 fully saturated rings. The van der Waals surface area contributed by atoms with E-state index in [1.165, 1.54) is 11.3 Å². The zero-order valence-corrected chi connectivity index (χ0v) is 13.5. The van der Waals surface area contributed by atoms with Gasteiger partial charge in [0, 0.05) is 17.0 Å². The second kappa shape index (κ2) is 5.95. The maximum Gasteiger partial charge on any atom is 0.264 e. The SMILES string of the molecule is N#Cc1ccnc(OC2CN(C(=O)c3cc4ccccc4s3)C2)c1. The molecule has 1 aliphatic heterocycles. The molecule has 0 N–H and O–H groups in total. The Kier molecular flexibility index (Phi) is 3.63. The summed E-state index contributed by atoms with van der Waals surface area (Å²) in [5.74, 6) is 0.461. The van der Waals surface area contributed by atoms with Crippen molar-refractivity contribution in [3.63, 3.8) is 0 Å². The first-order valence-electron chi connectivity index (χ1n) is 7.53. The van der Waals surface area contributed by atoms with E-state index in [4.69, 9.17) is 10.00 Å². The second-order valence-electron chi connectivity index (χ2n) is 5.59. The minimum Gasteiger partial charge on any atom is -0.471 e. The average molecular weight is 335 g/mol. The van der Waals surface area contributed by atoms with Crippen LogP contribution in [0.1, 0.15) is 15.2 Å². The molecular formula is C18H13N3O2S. The molecule has 5 nitrogen and oxygen atoms in total. The number of hydrogen-bond acceptors (Lipinski definition) is 5. The topological polar surface area (TPSA) is 66.2 Å². The number of thiophene rings is 1. The third-order valence-corrected chi connectivity index (χ3v) is 5.03. The first kappa shape index (κ1) is 14.7. The zero-order chi connectivity index (χ0) is 16.5. The number of nitriles is 1. The van der Waals surface area contributed by atoms with Crippen molar-refractivity contribution in [3.8, 4) is 11.9 Å². The van der Waals surface area contributed by atoms with Crippen molar-refractivity contribution in [2.75, 3.05) is 13.1 Å². The number of ether oxygens (including phenoxy) is 1. The molecule has 6 heteroatoms. The number of hydrogen-bond donors (Lipinski definition) is 0. The molecule has 0 aliphatic carbocycles. The molecule has 1 aromatic carbocycles. The van der Waals surface area contributed by atoms with Gasteiger partial charge in [-0.05, 0) is 23.6 Å². The van der Waals surface area contributed by atoms with Crippen molar-refractivity contribution >= 4 is 27.3 Å². The molecule has 0 radical (unpaired) electrons. The second-order valence-corrected chi connectivity index (χ2v) is 6.68. The fourth-order valence-corrected chi connectivity index (χ4v) is 3.67. The third-order valence-electron chi connectivity index (χ3n) is 3.92. The Balaban J connectivity index is 1.40. The summed E-state index contributed by atoms with van der Waals surface area (Å²) in [4.78, 5) is 19.1. The van der Waals surface area contributed by atoms with Gasteiger partial charge in [-0.1, -0.05) is 18.2 Å². The maximum absolute atomic E-state index is 12.5. The Morgan fingerprint density at radius 1 is 1.29 bits per heavy atom. The van der Waals surface area contributed by atoms with Gasteiger partial charge in [-0.25, -0.2) is 4.98 Å². The number of fused-ring (bicyclic) bond motifs is 1. The lowest BCUT2D eigenvalue weighted by Crippen LogP contribution is -2.56. The van der Waals surface area contributed by atoms with Crippen LogP contribution in [0.25, 0.3) is 10.1 Å². The number of rotatable bonds is 3. The number of amides is 1. The minimum absolute atomic E-state index is 0.0368. The molecule has 2 aromatic heterocycles. The number of carbonyl (C=O) groups excluding carboxylic acids is 1. The minimum atomic E-state index is -0.0789. The molecule has 24 heavy (non-hydrogen) atoms. The summed E-state index contributed by atoms with van der Waals surface area (Å²) in [6.07, 6.45) is 1.47. The van der Waals surface area contributed by atoms with Crippen LogP contribution in [0.2, 0.25) is 0 Å². The Morgan fingerprint density at radius 2 is 2.12 bits per heavy atom. The van der Waals surface area contributed by atoms with Crippen LogP contribution in [0.15, 0.2) is 48.7 Å². The van der Waals surface area contributed by atoms with Crippen molar-refractivity contribution < 1.29 is 9.53 Å². The van der Waals surface area contributed by atoms with Crippen LogP contribution in [-0.2, 0) is 0 Å². The van der Waals surface area contributed by atoms with Gasteiger partial charge < -0.3 is 9.64 Å². The van der Waals surface area contributed by atoms with Gasteiger partial charge in [-0.2, -0.15) is 5.26 Å². The monoisotopic (exact) mass is 335 g/mol. The lowest BCUT2D eigenvalue weighted by atomic mass is 10.1. The lowest BCUT2D eigenvalue weighted by molar-refractivity contribution is 0.0164. The van der Waals surface area contributed by atoms with Crippen molar-refractivity contribution in [1.29, 1.82) is 5.26 Å². The van der Waals surface area contributed by atoms with Crippen LogP contribution < -0.4 is 4.74 Å². The molecule has 4 rings (SSSR count). The summed E-state index contributed by atoms with van der Waals surface area (Å²) < 4.78 is 6.83. The summed E-state index contributed by atoms with van der Waals surface area (Å²) in [6.45, 7) is 1.07. The van der Waals surface area contributed by atoms with Crippen molar-refractivity contribution in [3.05, 3.63) is 59.1 Å². The summed E-state index contributed by atoms with van der Waals surface area (Å²) >= 11 is 1.51. The predicted octanol–water partition coefficient (Wildman–Crippen LogP) is 3.07. The van der Waals surface area contributed by atoms with E-state index in [0.717, 1.165) is 15.0 Å². The highest BCUT2D eigenvalue weighted by molar-refractivity contribution is 7.20. The van der Waals surface area contributed by atoms with Gasteiger partial charge in [0.25, 0.3) is 5.91 Å². The Bertz CT molecular complexity index is 921. The number of benzene rings is 1. The van der Waals surface area contributed by atoms with Gasteiger partial charge in [0.15, 0.2) is 0 Å². The molecule has 0 atom stereocenters. The van der Waals surface area contributed by atoms with Crippen LogP contribution in [0.3, 0.4) is 0 Å². The maximum atomic E-state index is 12.5. The van der Waals surface area contributed by atoms with Crippen molar-refractivity contribution in [2.24, 2.45) is 0 Å². The summed E-state index contributed by atoms with van der Waals surface area (Å²) in [5.41, 5.74) is 0.512. The van der Waals surface area contributed by atoms with Crippen molar-refractivity contribution in [1.82, 2.24) is 9.88 Å². The van der Waals surface area contributed by atoms with Gasteiger partial charge in [-0.15, -0.1) is 11.3 Å². The van der Waals surface area contributed by atoms with E-state index in [9.17, 15) is 4.79 Å². The molecule has 0 unspecified atom stereocenters. The number of likely N-dealkylation sites (tertiary alicyclic amines) is 1. The number of pyridine rings is 1. The van der Waals surface area contributed by atoms with Crippen LogP contribution >= 0.6 is 11.3 Å². The van der Waals surface area contributed by atoms with Gasteiger partial charge >= 0.3 is 0 Å².